The van der Waals surface area contributed by atoms with Gasteiger partial charge in [-0.3, -0.25) is 0 Å². The summed E-state index contributed by atoms with van der Waals surface area (Å²) in [7, 11) is 0. The summed E-state index contributed by atoms with van der Waals surface area (Å²) in [5.41, 5.74) is 9.30. The van der Waals surface area contributed by atoms with E-state index in [1.54, 1.807) is 0 Å². The molecule has 0 bridgehead atoms. The number of benzene rings is 5. The number of rotatable bonds is 4. The van der Waals surface area contributed by atoms with Crippen molar-refractivity contribution in [3.63, 3.8) is 0 Å². The predicted molar refractivity (Wildman–Crippen MR) is 164 cm³/mol. The van der Waals surface area contributed by atoms with E-state index in [0.717, 1.165) is 11.4 Å². The first kappa shape index (κ1) is 24.5. The molecule has 1 aliphatic carbocycles. The molecule has 1 nitrogen and oxygen atoms in total. The van der Waals surface area contributed by atoms with Gasteiger partial charge in [0.25, 0.3) is 0 Å². The summed E-state index contributed by atoms with van der Waals surface area (Å²) in [6.45, 7) is 14.5. The summed E-state index contributed by atoms with van der Waals surface area (Å²) < 4.78 is 0. The van der Waals surface area contributed by atoms with Crippen LogP contribution in [0.15, 0.2) is 115 Å². The van der Waals surface area contributed by atoms with Gasteiger partial charge in [0.2, 0.25) is 0 Å². The van der Waals surface area contributed by atoms with Crippen molar-refractivity contribution in [1.82, 2.24) is 0 Å². The standard InChI is InChI=1S/C37H37N/c1-35(2)32-22-21-26(24-33(32)36(3,4)37(35,5)6)28-23-27-15-13-14-20-31(27)34(25-28)38(29-16-9-7-10-17-29)30-18-11-8-12-19-30/h7-25H,1-6H3. The molecule has 0 radical (unpaired) electrons. The first-order chi connectivity index (χ1) is 18.1. The van der Waals surface area contributed by atoms with Crippen molar-refractivity contribution in [1.29, 1.82) is 0 Å². The summed E-state index contributed by atoms with van der Waals surface area (Å²) in [6.07, 6.45) is 0. The summed E-state index contributed by atoms with van der Waals surface area (Å²) in [6, 6.07) is 42.1. The zero-order chi connectivity index (χ0) is 26.7. The normalized spacial score (nSPS) is 16.8. The van der Waals surface area contributed by atoms with Crippen LogP contribution in [0.3, 0.4) is 0 Å². The summed E-state index contributed by atoms with van der Waals surface area (Å²) >= 11 is 0. The molecule has 0 N–H and O–H groups in total. The minimum Gasteiger partial charge on any atom is -0.310 e. The molecule has 0 fully saturated rings. The number of nitrogens with zero attached hydrogens (tertiary/aromatic N) is 1. The van der Waals surface area contributed by atoms with Crippen molar-refractivity contribution in [2.75, 3.05) is 4.90 Å². The third-order valence-corrected chi connectivity index (χ3v) is 9.93. The van der Waals surface area contributed by atoms with Gasteiger partial charge in [-0.1, -0.05) is 120 Å². The Morgan fingerprint density at radius 3 is 1.66 bits per heavy atom. The Hall–Kier alpha value is -3.84. The highest BCUT2D eigenvalue weighted by Gasteiger charge is 2.56. The zero-order valence-electron chi connectivity index (χ0n) is 23.4. The molecule has 190 valence electrons. The van der Waals surface area contributed by atoms with E-state index in [0.29, 0.717) is 0 Å². The maximum absolute atomic E-state index is 2.47. The van der Waals surface area contributed by atoms with E-state index >= 15 is 0 Å². The van der Waals surface area contributed by atoms with Crippen LogP contribution in [0.4, 0.5) is 17.1 Å². The lowest BCUT2D eigenvalue weighted by Crippen LogP contribution is -2.42. The van der Waals surface area contributed by atoms with Gasteiger partial charge in [0.15, 0.2) is 0 Å². The molecule has 38 heavy (non-hydrogen) atoms. The van der Waals surface area contributed by atoms with E-state index in [1.165, 1.54) is 38.7 Å². The number of anilines is 3. The Bertz CT molecular complexity index is 1580. The lowest BCUT2D eigenvalue weighted by atomic mass is 9.59. The van der Waals surface area contributed by atoms with Gasteiger partial charge >= 0.3 is 0 Å². The highest BCUT2D eigenvalue weighted by molar-refractivity contribution is 6.02. The SMILES string of the molecule is CC1(C)c2ccc(-c3cc(N(c4ccccc4)c4ccccc4)c4ccccc4c3)cc2C(C)(C)C1(C)C. The van der Waals surface area contributed by atoms with Crippen LogP contribution in [0.5, 0.6) is 0 Å². The summed E-state index contributed by atoms with van der Waals surface area (Å²) in [5.74, 6) is 0. The second kappa shape index (κ2) is 8.60. The molecule has 0 spiro atoms. The number of hydrogen-bond acceptors (Lipinski definition) is 1. The highest BCUT2D eigenvalue weighted by atomic mass is 15.1. The van der Waals surface area contributed by atoms with E-state index in [-0.39, 0.29) is 16.2 Å². The average molecular weight is 496 g/mol. The fourth-order valence-electron chi connectivity index (χ4n) is 6.46. The Morgan fingerprint density at radius 1 is 0.474 bits per heavy atom. The van der Waals surface area contributed by atoms with Crippen molar-refractivity contribution < 1.29 is 0 Å². The molecule has 6 rings (SSSR count). The van der Waals surface area contributed by atoms with Gasteiger partial charge < -0.3 is 4.90 Å². The molecule has 0 saturated carbocycles. The highest BCUT2D eigenvalue weighted by Crippen LogP contribution is 2.61. The molecule has 0 saturated heterocycles. The molecule has 0 aliphatic heterocycles. The topological polar surface area (TPSA) is 3.24 Å². The minimum atomic E-state index is 0.0711. The lowest BCUT2D eigenvalue weighted by Gasteiger charge is -2.44. The number of para-hydroxylation sites is 2. The minimum absolute atomic E-state index is 0.0711. The molecule has 1 heteroatoms. The van der Waals surface area contributed by atoms with E-state index in [9.17, 15) is 0 Å². The Labute approximate surface area is 227 Å². The van der Waals surface area contributed by atoms with Crippen LogP contribution in [0.2, 0.25) is 0 Å². The Balaban J connectivity index is 1.60. The van der Waals surface area contributed by atoms with Crippen LogP contribution >= 0.6 is 0 Å². The van der Waals surface area contributed by atoms with Crippen LogP contribution in [0, 0.1) is 5.41 Å². The number of fused-ring (bicyclic) bond motifs is 2. The van der Waals surface area contributed by atoms with Gasteiger partial charge in [0, 0.05) is 16.8 Å². The van der Waals surface area contributed by atoms with Gasteiger partial charge in [-0.25, -0.2) is 0 Å². The Morgan fingerprint density at radius 2 is 1.03 bits per heavy atom. The smallest absolute Gasteiger partial charge is 0.0546 e. The fourth-order valence-corrected chi connectivity index (χ4v) is 6.46. The molecule has 0 amide bonds. The van der Waals surface area contributed by atoms with E-state index in [4.69, 9.17) is 0 Å². The van der Waals surface area contributed by atoms with Crippen LogP contribution in [0.1, 0.15) is 52.7 Å². The fraction of sp³-hybridized carbons (Fsp3) is 0.243. The van der Waals surface area contributed by atoms with E-state index < -0.39 is 0 Å². The van der Waals surface area contributed by atoms with Crippen molar-refractivity contribution in [2.24, 2.45) is 5.41 Å². The quantitative estimate of drug-likeness (QED) is 0.240. The Kier molecular flexibility index (Phi) is 5.54. The lowest BCUT2D eigenvalue weighted by molar-refractivity contribution is 0.125. The number of hydrogen-bond donors (Lipinski definition) is 0. The second-order valence-electron chi connectivity index (χ2n) is 12.4. The average Bonchev–Trinajstić information content (AvgIpc) is 3.03. The molecule has 0 heterocycles. The third kappa shape index (κ3) is 3.52. The van der Waals surface area contributed by atoms with Crippen LogP contribution in [-0.2, 0) is 10.8 Å². The van der Waals surface area contributed by atoms with Crippen molar-refractivity contribution in [2.45, 2.75) is 52.4 Å². The summed E-state index contributed by atoms with van der Waals surface area (Å²) in [4.78, 5) is 2.38. The zero-order valence-corrected chi connectivity index (χ0v) is 23.4. The maximum atomic E-state index is 2.47. The van der Waals surface area contributed by atoms with Crippen LogP contribution < -0.4 is 4.90 Å². The van der Waals surface area contributed by atoms with Crippen molar-refractivity contribution in [3.8, 4) is 11.1 Å². The predicted octanol–water partition coefficient (Wildman–Crippen LogP) is 10.6. The monoisotopic (exact) mass is 495 g/mol. The second-order valence-corrected chi connectivity index (χ2v) is 12.4. The molecule has 5 aromatic carbocycles. The van der Waals surface area contributed by atoms with Crippen LogP contribution in [0.25, 0.3) is 21.9 Å². The maximum Gasteiger partial charge on any atom is 0.0546 e. The van der Waals surface area contributed by atoms with E-state index in [1.807, 2.05) is 0 Å². The third-order valence-electron chi connectivity index (χ3n) is 9.93. The van der Waals surface area contributed by atoms with Gasteiger partial charge in [0.1, 0.15) is 0 Å². The molecular formula is C37H37N. The first-order valence-electron chi connectivity index (χ1n) is 13.7. The largest absolute Gasteiger partial charge is 0.310 e. The molecule has 0 atom stereocenters. The van der Waals surface area contributed by atoms with Gasteiger partial charge in [-0.2, -0.15) is 0 Å². The molecule has 0 aromatic heterocycles. The van der Waals surface area contributed by atoms with Gasteiger partial charge in [0.05, 0.1) is 5.69 Å². The molecular weight excluding hydrogens is 458 g/mol. The van der Waals surface area contributed by atoms with E-state index in [2.05, 4.69) is 162 Å². The molecule has 0 unspecified atom stereocenters. The molecule has 5 aromatic rings. The van der Waals surface area contributed by atoms with Crippen LogP contribution in [-0.4, -0.2) is 0 Å². The van der Waals surface area contributed by atoms with Gasteiger partial charge in [-0.05, 0) is 80.3 Å². The first-order valence-corrected chi connectivity index (χ1v) is 13.7. The van der Waals surface area contributed by atoms with Crippen molar-refractivity contribution in [3.05, 3.63) is 126 Å². The summed E-state index contributed by atoms with van der Waals surface area (Å²) in [5, 5.41) is 2.49. The van der Waals surface area contributed by atoms with Crippen molar-refractivity contribution >= 4 is 27.8 Å². The molecule has 1 aliphatic rings. The van der Waals surface area contributed by atoms with Gasteiger partial charge in [-0.15, -0.1) is 0 Å².